The normalized spacial score (nSPS) is 18.2. The molecule has 0 radical (unpaired) electrons. The monoisotopic (exact) mass is 416 g/mol. The first kappa shape index (κ1) is 20.1. The second-order valence-corrected chi connectivity index (χ2v) is 7.41. The van der Waals surface area contributed by atoms with E-state index in [9.17, 15) is 22.8 Å². The fourth-order valence-corrected chi connectivity index (χ4v) is 3.66. The van der Waals surface area contributed by atoms with E-state index in [1.54, 1.807) is 0 Å². The van der Waals surface area contributed by atoms with Gasteiger partial charge in [0.15, 0.2) is 11.6 Å². The van der Waals surface area contributed by atoms with Crippen LogP contribution in [0.15, 0.2) is 47.5 Å². The summed E-state index contributed by atoms with van der Waals surface area (Å²) in [6.45, 7) is 1.12. The van der Waals surface area contributed by atoms with Crippen LogP contribution in [0.1, 0.15) is 18.4 Å². The summed E-state index contributed by atoms with van der Waals surface area (Å²) < 4.78 is 39.4. The summed E-state index contributed by atoms with van der Waals surface area (Å²) in [5.41, 5.74) is 0.288. The number of anilines is 1. The number of hydrogen-bond acceptors (Lipinski definition) is 4. The van der Waals surface area contributed by atoms with Gasteiger partial charge < -0.3 is 10.6 Å². The molecule has 4 rings (SSSR count). The van der Waals surface area contributed by atoms with Gasteiger partial charge in [-0.25, -0.2) is 13.2 Å². The molecule has 2 amide bonds. The highest BCUT2D eigenvalue weighted by Gasteiger charge is 2.42. The van der Waals surface area contributed by atoms with Crippen LogP contribution in [0.4, 0.5) is 18.9 Å². The molecule has 2 aliphatic heterocycles. The standard InChI is InChI=1S/C21H19F3N4O2/c22-14-3-1-13(2-4-14)19-20(30)27-21(26-19)7-9-28(10-8-21)12-18(29)25-15-5-6-16(23)17(24)11-15/h1-6,11H,7-10,12H2,(H,25,29)(H,27,30). The summed E-state index contributed by atoms with van der Waals surface area (Å²) in [7, 11) is 0. The summed E-state index contributed by atoms with van der Waals surface area (Å²) in [6.07, 6.45) is 1.03. The number of piperidine rings is 1. The molecule has 9 heteroatoms. The second kappa shape index (κ2) is 7.91. The van der Waals surface area contributed by atoms with Crippen LogP contribution in [0.5, 0.6) is 0 Å². The summed E-state index contributed by atoms with van der Waals surface area (Å²) in [6, 6.07) is 8.78. The molecule has 0 bridgehead atoms. The molecular weight excluding hydrogens is 397 g/mol. The fraction of sp³-hybridized carbons (Fsp3) is 0.286. The SMILES string of the molecule is O=C(CN1CCC2(CC1)N=C(c1ccc(F)cc1)C(=O)N2)Nc1ccc(F)c(F)c1. The van der Waals surface area contributed by atoms with E-state index in [2.05, 4.69) is 15.6 Å². The van der Waals surface area contributed by atoms with E-state index in [4.69, 9.17) is 0 Å². The fourth-order valence-electron chi connectivity index (χ4n) is 3.66. The van der Waals surface area contributed by atoms with Crippen molar-refractivity contribution in [3.8, 4) is 0 Å². The van der Waals surface area contributed by atoms with Crippen molar-refractivity contribution in [1.29, 1.82) is 0 Å². The van der Waals surface area contributed by atoms with E-state index in [0.717, 1.165) is 12.1 Å². The Morgan fingerprint density at radius 1 is 1.07 bits per heavy atom. The van der Waals surface area contributed by atoms with Gasteiger partial charge >= 0.3 is 0 Å². The maximum atomic E-state index is 13.3. The van der Waals surface area contributed by atoms with E-state index in [-0.39, 0.29) is 35.6 Å². The van der Waals surface area contributed by atoms with E-state index in [0.29, 0.717) is 31.5 Å². The molecule has 0 atom stereocenters. The van der Waals surface area contributed by atoms with Crippen LogP contribution in [0.3, 0.4) is 0 Å². The van der Waals surface area contributed by atoms with Gasteiger partial charge in [0, 0.05) is 43.2 Å². The molecule has 156 valence electrons. The van der Waals surface area contributed by atoms with Crippen molar-refractivity contribution in [2.75, 3.05) is 25.0 Å². The van der Waals surface area contributed by atoms with Gasteiger partial charge in [-0.15, -0.1) is 0 Å². The Morgan fingerprint density at radius 3 is 2.43 bits per heavy atom. The van der Waals surface area contributed by atoms with Crippen LogP contribution in [-0.4, -0.2) is 47.7 Å². The highest BCUT2D eigenvalue weighted by Crippen LogP contribution is 2.29. The number of carbonyl (C=O) groups excluding carboxylic acids is 2. The summed E-state index contributed by atoms with van der Waals surface area (Å²) in [5.74, 6) is -3.04. The number of nitrogens with zero attached hydrogens (tertiary/aromatic N) is 2. The van der Waals surface area contributed by atoms with E-state index >= 15 is 0 Å². The average molecular weight is 416 g/mol. The molecule has 2 heterocycles. The topological polar surface area (TPSA) is 73.8 Å². The Kier molecular flexibility index (Phi) is 5.29. The van der Waals surface area contributed by atoms with Crippen LogP contribution in [0.2, 0.25) is 0 Å². The lowest BCUT2D eigenvalue weighted by atomic mass is 9.98. The van der Waals surface area contributed by atoms with Gasteiger partial charge in [-0.1, -0.05) is 0 Å². The van der Waals surface area contributed by atoms with Crippen LogP contribution in [0.25, 0.3) is 0 Å². The molecule has 2 N–H and O–H groups in total. The minimum Gasteiger partial charge on any atom is -0.326 e. The maximum absolute atomic E-state index is 13.3. The van der Waals surface area contributed by atoms with Gasteiger partial charge in [0.2, 0.25) is 5.91 Å². The first-order valence-corrected chi connectivity index (χ1v) is 9.49. The lowest BCUT2D eigenvalue weighted by molar-refractivity contribution is -0.119. The Morgan fingerprint density at radius 2 is 1.77 bits per heavy atom. The molecule has 0 unspecified atom stereocenters. The highest BCUT2D eigenvalue weighted by molar-refractivity contribution is 6.46. The zero-order valence-electron chi connectivity index (χ0n) is 15.9. The van der Waals surface area contributed by atoms with Crippen molar-refractivity contribution in [2.24, 2.45) is 4.99 Å². The lowest BCUT2D eigenvalue weighted by Gasteiger charge is -2.36. The predicted molar refractivity (Wildman–Crippen MR) is 104 cm³/mol. The average Bonchev–Trinajstić information content (AvgIpc) is 3.03. The van der Waals surface area contributed by atoms with Gasteiger partial charge in [-0.3, -0.25) is 19.5 Å². The third-order valence-corrected chi connectivity index (χ3v) is 5.26. The van der Waals surface area contributed by atoms with E-state index < -0.39 is 17.3 Å². The van der Waals surface area contributed by atoms with Crippen molar-refractivity contribution in [3.63, 3.8) is 0 Å². The third-order valence-electron chi connectivity index (χ3n) is 5.26. The minimum atomic E-state index is -1.03. The molecule has 0 saturated carbocycles. The maximum Gasteiger partial charge on any atom is 0.272 e. The lowest BCUT2D eigenvalue weighted by Crippen LogP contribution is -2.52. The largest absolute Gasteiger partial charge is 0.326 e. The van der Waals surface area contributed by atoms with E-state index in [1.165, 1.54) is 30.3 Å². The van der Waals surface area contributed by atoms with Crippen LogP contribution >= 0.6 is 0 Å². The number of benzene rings is 2. The smallest absolute Gasteiger partial charge is 0.272 e. The highest BCUT2D eigenvalue weighted by atomic mass is 19.2. The van der Waals surface area contributed by atoms with Gasteiger partial charge in [-0.05, 0) is 36.4 Å². The molecule has 30 heavy (non-hydrogen) atoms. The predicted octanol–water partition coefficient (Wildman–Crippen LogP) is 2.45. The van der Waals surface area contributed by atoms with Gasteiger partial charge in [-0.2, -0.15) is 0 Å². The molecular formula is C21H19F3N4O2. The molecule has 2 aromatic carbocycles. The molecule has 2 aliphatic rings. The number of hydrogen-bond donors (Lipinski definition) is 2. The zero-order valence-corrected chi connectivity index (χ0v) is 15.9. The number of carbonyl (C=O) groups is 2. The zero-order chi connectivity index (χ0) is 21.3. The number of likely N-dealkylation sites (tertiary alicyclic amines) is 1. The first-order valence-electron chi connectivity index (χ1n) is 9.49. The number of rotatable bonds is 4. The van der Waals surface area contributed by atoms with Crippen molar-refractivity contribution in [1.82, 2.24) is 10.2 Å². The Bertz CT molecular complexity index is 1020. The Hall–Kier alpha value is -3.20. The molecule has 0 aliphatic carbocycles. The summed E-state index contributed by atoms with van der Waals surface area (Å²) >= 11 is 0. The van der Waals surface area contributed by atoms with E-state index in [1.807, 2.05) is 4.90 Å². The number of nitrogens with one attached hydrogen (secondary N) is 2. The molecule has 0 aromatic heterocycles. The number of halogens is 3. The molecule has 1 saturated heterocycles. The first-order chi connectivity index (χ1) is 14.3. The van der Waals surface area contributed by atoms with Crippen molar-refractivity contribution < 1.29 is 22.8 Å². The molecule has 1 fully saturated rings. The third kappa shape index (κ3) is 4.20. The number of aliphatic imine (C=N–C) groups is 1. The molecule has 2 aromatic rings. The van der Waals surface area contributed by atoms with Crippen molar-refractivity contribution in [3.05, 3.63) is 65.5 Å². The van der Waals surface area contributed by atoms with Gasteiger partial charge in [0.05, 0.1) is 6.54 Å². The number of amides is 2. The summed E-state index contributed by atoms with van der Waals surface area (Å²) in [4.78, 5) is 31.1. The van der Waals surface area contributed by atoms with Crippen LogP contribution in [0, 0.1) is 17.5 Å². The van der Waals surface area contributed by atoms with Gasteiger partial charge in [0.25, 0.3) is 5.91 Å². The quantitative estimate of drug-likeness (QED) is 0.804. The Balaban J connectivity index is 1.35. The molecule has 6 nitrogen and oxygen atoms in total. The minimum absolute atomic E-state index is 0.0809. The second-order valence-electron chi connectivity index (χ2n) is 7.41. The van der Waals surface area contributed by atoms with Gasteiger partial charge in [0.1, 0.15) is 17.2 Å². The van der Waals surface area contributed by atoms with Crippen molar-refractivity contribution in [2.45, 2.75) is 18.5 Å². The summed E-state index contributed by atoms with van der Waals surface area (Å²) in [5, 5.41) is 5.46. The van der Waals surface area contributed by atoms with Crippen molar-refractivity contribution >= 4 is 23.2 Å². The van der Waals surface area contributed by atoms with Crippen LogP contribution < -0.4 is 10.6 Å². The van der Waals surface area contributed by atoms with Crippen LogP contribution in [-0.2, 0) is 9.59 Å². The molecule has 1 spiro atoms. The Labute approximate surface area is 170 Å².